The van der Waals surface area contributed by atoms with E-state index >= 15 is 0 Å². The minimum Gasteiger partial charge on any atom is -0.387 e. The molecule has 1 aromatic rings. The molecule has 0 saturated heterocycles. The van der Waals surface area contributed by atoms with Gasteiger partial charge in [0.15, 0.2) is 0 Å². The number of aliphatic hydroxyl groups is 1. The molecule has 1 rings (SSSR count). The van der Waals surface area contributed by atoms with Crippen molar-refractivity contribution in [1.29, 1.82) is 0 Å². The third kappa shape index (κ3) is 3.39. The van der Waals surface area contributed by atoms with Crippen LogP contribution in [0.2, 0.25) is 0 Å². The summed E-state index contributed by atoms with van der Waals surface area (Å²) in [4.78, 5) is 3.51. The average molecular weight is 219 g/mol. The third-order valence-electron chi connectivity index (χ3n) is 1.57. The molecule has 78 valence electrons. The van der Waals surface area contributed by atoms with E-state index in [1.807, 2.05) is 0 Å². The number of halogens is 1. The van der Waals surface area contributed by atoms with Gasteiger partial charge in [-0.25, -0.2) is 12.8 Å². The molecule has 1 unspecified atom stereocenters. The lowest BCUT2D eigenvalue weighted by Gasteiger charge is -2.08. The Hall–Kier alpha value is -1.01. The SMILES string of the molecule is CS(=O)(=O)CC(O)c1cncc(F)c1. The first-order chi connectivity index (χ1) is 6.38. The average Bonchev–Trinajstić information content (AvgIpc) is 2.01. The molecule has 0 spiro atoms. The van der Waals surface area contributed by atoms with E-state index in [9.17, 15) is 17.9 Å². The molecular formula is C8H10FNO3S. The van der Waals surface area contributed by atoms with Crippen molar-refractivity contribution in [2.24, 2.45) is 0 Å². The van der Waals surface area contributed by atoms with E-state index in [-0.39, 0.29) is 5.56 Å². The molecule has 0 amide bonds. The van der Waals surface area contributed by atoms with Crippen molar-refractivity contribution in [3.63, 3.8) is 0 Å². The molecule has 0 aliphatic heterocycles. The first-order valence-corrected chi connectivity index (χ1v) is 5.91. The summed E-state index contributed by atoms with van der Waals surface area (Å²) in [5.74, 6) is -1.03. The monoisotopic (exact) mass is 219 g/mol. The minimum atomic E-state index is -3.28. The summed E-state index contributed by atoms with van der Waals surface area (Å²) in [5, 5.41) is 9.39. The van der Waals surface area contributed by atoms with Crippen LogP contribution in [0, 0.1) is 5.82 Å². The number of aliphatic hydroxyl groups excluding tert-OH is 1. The summed E-state index contributed by atoms with van der Waals surface area (Å²) in [6.45, 7) is 0. The Kier molecular flexibility index (Phi) is 3.17. The third-order valence-corrected chi connectivity index (χ3v) is 2.49. The van der Waals surface area contributed by atoms with Gasteiger partial charge in [0.05, 0.1) is 18.1 Å². The van der Waals surface area contributed by atoms with Crippen molar-refractivity contribution in [3.05, 3.63) is 29.8 Å². The van der Waals surface area contributed by atoms with Crippen LogP contribution >= 0.6 is 0 Å². The van der Waals surface area contributed by atoms with E-state index in [1.165, 1.54) is 6.20 Å². The smallest absolute Gasteiger partial charge is 0.150 e. The van der Waals surface area contributed by atoms with Gasteiger partial charge < -0.3 is 5.11 Å². The van der Waals surface area contributed by atoms with Gasteiger partial charge in [-0.1, -0.05) is 0 Å². The van der Waals surface area contributed by atoms with Crippen molar-refractivity contribution in [3.8, 4) is 0 Å². The molecule has 0 fully saturated rings. The Morgan fingerprint density at radius 3 is 2.71 bits per heavy atom. The number of rotatable bonds is 3. The molecule has 1 heterocycles. The van der Waals surface area contributed by atoms with Gasteiger partial charge in [0.2, 0.25) is 0 Å². The van der Waals surface area contributed by atoms with Gasteiger partial charge in [0.25, 0.3) is 0 Å². The van der Waals surface area contributed by atoms with E-state index in [2.05, 4.69) is 4.98 Å². The van der Waals surface area contributed by atoms with Gasteiger partial charge in [-0.3, -0.25) is 4.98 Å². The van der Waals surface area contributed by atoms with Crippen LogP contribution in [-0.4, -0.2) is 30.5 Å². The topological polar surface area (TPSA) is 67.3 Å². The minimum absolute atomic E-state index is 0.162. The Morgan fingerprint density at radius 1 is 1.57 bits per heavy atom. The van der Waals surface area contributed by atoms with Gasteiger partial charge in [0, 0.05) is 18.0 Å². The van der Waals surface area contributed by atoms with E-state index in [0.717, 1.165) is 18.5 Å². The van der Waals surface area contributed by atoms with Gasteiger partial charge >= 0.3 is 0 Å². The van der Waals surface area contributed by atoms with Crippen molar-refractivity contribution in [2.75, 3.05) is 12.0 Å². The van der Waals surface area contributed by atoms with Crippen LogP contribution in [0.1, 0.15) is 11.7 Å². The fraction of sp³-hybridized carbons (Fsp3) is 0.375. The summed E-state index contributed by atoms with van der Waals surface area (Å²) < 4.78 is 34.3. The van der Waals surface area contributed by atoms with Crippen LogP contribution in [0.15, 0.2) is 18.5 Å². The molecule has 0 bridgehead atoms. The lowest BCUT2D eigenvalue weighted by molar-refractivity contribution is 0.201. The van der Waals surface area contributed by atoms with E-state index in [1.54, 1.807) is 0 Å². The highest BCUT2D eigenvalue weighted by Crippen LogP contribution is 2.14. The number of sulfone groups is 1. The van der Waals surface area contributed by atoms with Gasteiger partial charge in [-0.05, 0) is 6.07 Å². The predicted octanol–water partition coefficient (Wildman–Crippen LogP) is 0.299. The molecular weight excluding hydrogens is 209 g/mol. The van der Waals surface area contributed by atoms with Gasteiger partial charge in [0.1, 0.15) is 15.7 Å². The molecule has 6 heteroatoms. The summed E-state index contributed by atoms with van der Waals surface area (Å²) in [6, 6.07) is 1.06. The lowest BCUT2D eigenvalue weighted by Crippen LogP contribution is -2.13. The molecule has 0 aliphatic rings. The second-order valence-corrected chi connectivity index (χ2v) is 5.23. The maximum atomic E-state index is 12.6. The molecule has 0 saturated carbocycles. The van der Waals surface area contributed by atoms with Crippen molar-refractivity contribution in [2.45, 2.75) is 6.10 Å². The maximum Gasteiger partial charge on any atom is 0.150 e. The second kappa shape index (κ2) is 4.02. The Bertz CT molecular complexity index is 418. The molecule has 14 heavy (non-hydrogen) atoms. The van der Waals surface area contributed by atoms with Crippen LogP contribution in [0.3, 0.4) is 0 Å². The second-order valence-electron chi connectivity index (χ2n) is 3.04. The highest BCUT2D eigenvalue weighted by Gasteiger charge is 2.14. The van der Waals surface area contributed by atoms with Crippen LogP contribution in [0.25, 0.3) is 0 Å². The first kappa shape index (κ1) is 11.1. The first-order valence-electron chi connectivity index (χ1n) is 3.85. The largest absolute Gasteiger partial charge is 0.387 e. The molecule has 1 N–H and O–H groups in total. The lowest BCUT2D eigenvalue weighted by atomic mass is 10.2. The summed E-state index contributed by atoms with van der Waals surface area (Å²) in [5.41, 5.74) is 0.162. The number of aromatic nitrogens is 1. The fourth-order valence-electron chi connectivity index (χ4n) is 0.994. The van der Waals surface area contributed by atoms with Gasteiger partial charge in [-0.2, -0.15) is 0 Å². The van der Waals surface area contributed by atoms with Crippen LogP contribution in [0.5, 0.6) is 0 Å². The number of hydrogen-bond acceptors (Lipinski definition) is 4. The Balaban J connectivity index is 2.85. The number of nitrogens with zero attached hydrogens (tertiary/aromatic N) is 1. The zero-order valence-electron chi connectivity index (χ0n) is 7.51. The van der Waals surface area contributed by atoms with Crippen molar-refractivity contribution < 1.29 is 17.9 Å². The van der Waals surface area contributed by atoms with Crippen molar-refractivity contribution in [1.82, 2.24) is 4.98 Å². The molecule has 1 atom stereocenters. The Labute approximate surface area is 81.3 Å². The summed E-state index contributed by atoms with van der Waals surface area (Å²) in [6.07, 6.45) is 1.99. The van der Waals surface area contributed by atoms with Crippen LogP contribution in [0.4, 0.5) is 4.39 Å². The van der Waals surface area contributed by atoms with Gasteiger partial charge in [-0.15, -0.1) is 0 Å². The summed E-state index contributed by atoms with van der Waals surface area (Å²) in [7, 11) is -3.28. The molecule has 0 aromatic carbocycles. The van der Waals surface area contributed by atoms with E-state index < -0.39 is 27.5 Å². The standard InChI is InChI=1S/C8H10FNO3S/c1-14(12,13)5-8(11)6-2-7(9)4-10-3-6/h2-4,8,11H,5H2,1H3. The normalized spacial score (nSPS) is 13.9. The van der Waals surface area contributed by atoms with Crippen molar-refractivity contribution >= 4 is 9.84 Å². The number of hydrogen-bond donors (Lipinski definition) is 1. The Morgan fingerprint density at radius 2 is 2.21 bits per heavy atom. The quantitative estimate of drug-likeness (QED) is 0.793. The van der Waals surface area contributed by atoms with Crippen LogP contribution in [-0.2, 0) is 9.84 Å². The fourth-order valence-corrected chi connectivity index (χ4v) is 1.76. The molecule has 0 radical (unpaired) electrons. The molecule has 4 nitrogen and oxygen atoms in total. The zero-order valence-corrected chi connectivity index (χ0v) is 8.33. The van der Waals surface area contributed by atoms with E-state index in [0.29, 0.717) is 0 Å². The zero-order chi connectivity index (χ0) is 10.8. The highest BCUT2D eigenvalue weighted by molar-refractivity contribution is 7.90. The predicted molar refractivity (Wildman–Crippen MR) is 48.9 cm³/mol. The summed E-state index contributed by atoms with van der Waals surface area (Å²) >= 11 is 0. The molecule has 0 aliphatic carbocycles. The van der Waals surface area contributed by atoms with Crippen LogP contribution < -0.4 is 0 Å². The highest BCUT2D eigenvalue weighted by atomic mass is 32.2. The maximum absolute atomic E-state index is 12.6. The van der Waals surface area contributed by atoms with E-state index in [4.69, 9.17) is 0 Å². The molecule has 1 aromatic heterocycles. The number of pyridine rings is 1.